The number of carbonyl (C=O) groups excluding carboxylic acids is 1. The number of nitrogens with zero attached hydrogens (tertiary/aromatic N) is 2. The average Bonchev–Trinajstić information content (AvgIpc) is 3.03. The van der Waals surface area contributed by atoms with Crippen molar-refractivity contribution >= 4 is 15.7 Å². The molecule has 0 saturated heterocycles. The Labute approximate surface area is 138 Å². The van der Waals surface area contributed by atoms with Gasteiger partial charge >= 0.3 is 0 Å². The Morgan fingerprint density at radius 1 is 1.04 bits per heavy atom. The number of carbonyl (C=O) groups is 1. The fourth-order valence-electron chi connectivity index (χ4n) is 2.09. The smallest absolute Gasteiger partial charge is 0.257 e. The molecule has 0 fully saturated rings. The molecule has 24 heavy (non-hydrogen) atoms. The van der Waals surface area contributed by atoms with E-state index in [2.05, 4.69) is 10.1 Å². The summed E-state index contributed by atoms with van der Waals surface area (Å²) in [5, 5.41) is 3.70. The van der Waals surface area contributed by atoms with Gasteiger partial charge in [-0.3, -0.25) is 4.79 Å². The molecule has 0 radical (unpaired) electrons. The summed E-state index contributed by atoms with van der Waals surface area (Å²) in [6.07, 6.45) is 0. The molecule has 8 heteroatoms. The van der Waals surface area contributed by atoms with Crippen LogP contribution in [0.3, 0.4) is 0 Å². The SMILES string of the molecule is NC(=O)c1ccc(-c2nc(CS(=O)(=O)c3ccccc3)no2)cc1. The third-order valence-corrected chi connectivity index (χ3v) is 4.93. The fraction of sp³-hybridized carbons (Fsp3) is 0.0625. The first-order chi connectivity index (χ1) is 11.5. The predicted molar refractivity (Wildman–Crippen MR) is 85.6 cm³/mol. The van der Waals surface area contributed by atoms with Gasteiger partial charge < -0.3 is 10.3 Å². The first-order valence-electron chi connectivity index (χ1n) is 6.96. The van der Waals surface area contributed by atoms with Crippen LogP contribution in [0.15, 0.2) is 64.0 Å². The van der Waals surface area contributed by atoms with Crippen molar-refractivity contribution in [1.82, 2.24) is 10.1 Å². The summed E-state index contributed by atoms with van der Waals surface area (Å²) in [4.78, 5) is 15.3. The monoisotopic (exact) mass is 343 g/mol. The summed E-state index contributed by atoms with van der Waals surface area (Å²) in [6, 6.07) is 14.3. The molecule has 2 N–H and O–H groups in total. The van der Waals surface area contributed by atoms with E-state index < -0.39 is 15.7 Å². The minimum atomic E-state index is -3.55. The Kier molecular flexibility index (Phi) is 4.13. The van der Waals surface area contributed by atoms with Crippen molar-refractivity contribution in [3.63, 3.8) is 0 Å². The number of aromatic nitrogens is 2. The average molecular weight is 343 g/mol. The standard InChI is InChI=1S/C16H13N3O4S/c17-15(20)11-6-8-12(9-7-11)16-18-14(19-23-16)10-24(21,22)13-4-2-1-3-5-13/h1-9H,10H2,(H2,17,20). The zero-order valence-electron chi connectivity index (χ0n) is 12.4. The molecule has 122 valence electrons. The van der Waals surface area contributed by atoms with Crippen molar-refractivity contribution in [3.05, 3.63) is 66.0 Å². The largest absolute Gasteiger partial charge is 0.366 e. The molecule has 1 amide bonds. The number of hydrogen-bond acceptors (Lipinski definition) is 6. The van der Waals surface area contributed by atoms with Crippen molar-refractivity contribution in [2.75, 3.05) is 0 Å². The van der Waals surface area contributed by atoms with Crippen LogP contribution in [0, 0.1) is 0 Å². The fourth-order valence-corrected chi connectivity index (χ4v) is 3.28. The van der Waals surface area contributed by atoms with Gasteiger partial charge in [0.2, 0.25) is 5.91 Å². The Bertz CT molecular complexity index is 964. The number of benzene rings is 2. The lowest BCUT2D eigenvalue weighted by Crippen LogP contribution is -2.10. The van der Waals surface area contributed by atoms with Crippen LogP contribution in [0.1, 0.15) is 16.2 Å². The lowest BCUT2D eigenvalue weighted by molar-refractivity contribution is 0.100. The molecule has 3 rings (SSSR count). The van der Waals surface area contributed by atoms with Gasteiger partial charge in [-0.25, -0.2) is 8.42 Å². The maximum atomic E-state index is 12.3. The van der Waals surface area contributed by atoms with E-state index in [1.807, 2.05) is 0 Å². The molecular formula is C16H13N3O4S. The molecule has 0 aliphatic heterocycles. The van der Waals surface area contributed by atoms with E-state index >= 15 is 0 Å². The lowest BCUT2D eigenvalue weighted by Gasteiger charge is -2.00. The van der Waals surface area contributed by atoms with Gasteiger partial charge in [0.1, 0.15) is 5.75 Å². The minimum Gasteiger partial charge on any atom is -0.366 e. The van der Waals surface area contributed by atoms with Gasteiger partial charge in [0.15, 0.2) is 15.7 Å². The van der Waals surface area contributed by atoms with Crippen molar-refractivity contribution in [3.8, 4) is 11.5 Å². The highest BCUT2D eigenvalue weighted by Gasteiger charge is 2.19. The molecule has 2 aromatic carbocycles. The van der Waals surface area contributed by atoms with E-state index in [9.17, 15) is 13.2 Å². The number of sulfone groups is 1. The first-order valence-corrected chi connectivity index (χ1v) is 8.61. The van der Waals surface area contributed by atoms with Crippen molar-refractivity contribution in [2.45, 2.75) is 10.6 Å². The third-order valence-electron chi connectivity index (χ3n) is 3.31. The molecule has 0 saturated carbocycles. The first kappa shape index (κ1) is 15.9. The number of hydrogen-bond donors (Lipinski definition) is 1. The van der Waals surface area contributed by atoms with Gasteiger partial charge in [-0.15, -0.1) is 0 Å². The molecule has 0 aliphatic rings. The maximum Gasteiger partial charge on any atom is 0.257 e. The molecular weight excluding hydrogens is 330 g/mol. The summed E-state index contributed by atoms with van der Waals surface area (Å²) >= 11 is 0. The normalized spacial score (nSPS) is 11.3. The highest BCUT2D eigenvalue weighted by Crippen LogP contribution is 2.20. The van der Waals surface area contributed by atoms with Crippen LogP contribution in [0.25, 0.3) is 11.5 Å². The van der Waals surface area contributed by atoms with Crippen molar-refractivity contribution < 1.29 is 17.7 Å². The quantitative estimate of drug-likeness (QED) is 0.755. The second kappa shape index (κ2) is 6.25. The van der Waals surface area contributed by atoms with Gasteiger partial charge in [-0.2, -0.15) is 4.98 Å². The molecule has 0 unspecified atom stereocenters. The van der Waals surface area contributed by atoms with Crippen LogP contribution in [0.2, 0.25) is 0 Å². The minimum absolute atomic E-state index is 0.0628. The van der Waals surface area contributed by atoms with E-state index in [1.54, 1.807) is 30.3 Å². The second-order valence-electron chi connectivity index (χ2n) is 5.03. The number of nitrogens with two attached hydrogens (primary N) is 1. The van der Waals surface area contributed by atoms with Crippen LogP contribution in [-0.2, 0) is 15.6 Å². The van der Waals surface area contributed by atoms with Gasteiger partial charge in [-0.1, -0.05) is 23.4 Å². The van der Waals surface area contributed by atoms with Gasteiger partial charge in [0, 0.05) is 11.1 Å². The van der Waals surface area contributed by atoms with Gasteiger partial charge in [0.05, 0.1) is 4.90 Å². The summed E-state index contributed by atoms with van der Waals surface area (Å²) in [6.45, 7) is 0. The van der Waals surface area contributed by atoms with Crippen LogP contribution < -0.4 is 5.73 Å². The Balaban J connectivity index is 1.82. The number of rotatable bonds is 5. The third kappa shape index (κ3) is 3.33. The highest BCUT2D eigenvalue weighted by molar-refractivity contribution is 7.90. The van der Waals surface area contributed by atoms with Crippen LogP contribution >= 0.6 is 0 Å². The maximum absolute atomic E-state index is 12.3. The highest BCUT2D eigenvalue weighted by atomic mass is 32.2. The summed E-state index contributed by atoms with van der Waals surface area (Å²) in [5.41, 5.74) is 6.09. The van der Waals surface area contributed by atoms with E-state index in [0.717, 1.165) is 0 Å². The summed E-state index contributed by atoms with van der Waals surface area (Å²) < 4.78 is 29.7. The number of primary amides is 1. The van der Waals surface area contributed by atoms with E-state index in [-0.39, 0.29) is 22.4 Å². The zero-order chi connectivity index (χ0) is 17.2. The Morgan fingerprint density at radius 2 is 1.71 bits per heavy atom. The Hall–Kier alpha value is -3.00. The number of amides is 1. The molecule has 1 heterocycles. The molecule has 0 atom stereocenters. The molecule has 3 aromatic rings. The van der Waals surface area contributed by atoms with Gasteiger partial charge in [-0.05, 0) is 36.4 Å². The lowest BCUT2D eigenvalue weighted by atomic mass is 10.1. The molecule has 0 aliphatic carbocycles. The van der Waals surface area contributed by atoms with E-state index in [1.165, 1.54) is 24.3 Å². The zero-order valence-corrected chi connectivity index (χ0v) is 13.2. The molecule has 1 aromatic heterocycles. The van der Waals surface area contributed by atoms with E-state index in [4.69, 9.17) is 10.3 Å². The topological polar surface area (TPSA) is 116 Å². The summed E-state index contributed by atoms with van der Waals surface area (Å²) in [5.74, 6) is -0.668. The van der Waals surface area contributed by atoms with Crippen LogP contribution in [0.5, 0.6) is 0 Å². The van der Waals surface area contributed by atoms with Crippen molar-refractivity contribution in [1.29, 1.82) is 0 Å². The predicted octanol–water partition coefficient (Wildman–Crippen LogP) is 1.81. The van der Waals surface area contributed by atoms with E-state index in [0.29, 0.717) is 11.1 Å². The van der Waals surface area contributed by atoms with Crippen LogP contribution in [0.4, 0.5) is 0 Å². The second-order valence-corrected chi connectivity index (χ2v) is 7.02. The molecule has 7 nitrogen and oxygen atoms in total. The van der Waals surface area contributed by atoms with Crippen molar-refractivity contribution in [2.24, 2.45) is 5.73 Å². The molecule has 0 bridgehead atoms. The summed E-state index contributed by atoms with van der Waals surface area (Å²) in [7, 11) is -3.55. The molecule has 0 spiro atoms. The van der Waals surface area contributed by atoms with Crippen LogP contribution in [-0.4, -0.2) is 24.5 Å². The van der Waals surface area contributed by atoms with Gasteiger partial charge in [0.25, 0.3) is 5.89 Å². The Morgan fingerprint density at radius 3 is 2.33 bits per heavy atom.